The molecule has 1 aliphatic heterocycles. The molecule has 1 fully saturated rings. The largest absolute Gasteiger partial charge is 0.472 e. The molecule has 1 amide bonds. The lowest BCUT2D eigenvalue weighted by molar-refractivity contribution is -0.129. The highest BCUT2D eigenvalue weighted by atomic mass is 32.2. The van der Waals surface area contributed by atoms with Crippen LogP contribution in [-0.2, 0) is 21.1 Å². The summed E-state index contributed by atoms with van der Waals surface area (Å²) in [5.41, 5.74) is 1.24. The first kappa shape index (κ1) is 20.8. The maximum absolute atomic E-state index is 12.6. The molecule has 0 radical (unpaired) electrons. The van der Waals surface area contributed by atoms with Crippen LogP contribution >= 0.6 is 0 Å². The Bertz CT molecular complexity index is 1030. The van der Waals surface area contributed by atoms with Crippen LogP contribution in [-0.4, -0.2) is 48.7 Å². The van der Waals surface area contributed by atoms with E-state index in [9.17, 15) is 13.2 Å². The summed E-state index contributed by atoms with van der Waals surface area (Å²) in [4.78, 5) is 18.7. The van der Waals surface area contributed by atoms with Gasteiger partial charge in [0.05, 0.1) is 34.7 Å². The monoisotopic (exact) mass is 413 g/mol. The first-order valence-electron chi connectivity index (χ1n) is 9.43. The van der Waals surface area contributed by atoms with Gasteiger partial charge in [0.2, 0.25) is 11.8 Å². The molecule has 2 heterocycles. The molecule has 0 spiro atoms. The molecule has 0 N–H and O–H groups in total. The van der Waals surface area contributed by atoms with Gasteiger partial charge in [0, 0.05) is 25.2 Å². The quantitative estimate of drug-likeness (QED) is 0.721. The average molecular weight is 413 g/mol. The second kappa shape index (κ2) is 8.62. The van der Waals surface area contributed by atoms with Gasteiger partial charge in [-0.05, 0) is 37.6 Å². The highest BCUT2D eigenvalue weighted by Crippen LogP contribution is 2.20. The van der Waals surface area contributed by atoms with Crippen molar-refractivity contribution >= 4 is 15.7 Å². The van der Waals surface area contributed by atoms with Crippen molar-refractivity contribution in [3.8, 4) is 11.9 Å². The maximum atomic E-state index is 12.6. The predicted octanol–water partition coefficient (Wildman–Crippen LogP) is 2.36. The molecule has 152 valence electrons. The lowest BCUT2D eigenvalue weighted by Gasteiger charge is -2.17. The smallest absolute Gasteiger partial charge is 0.227 e. The third-order valence-corrected chi connectivity index (χ3v) is 7.05. The van der Waals surface area contributed by atoms with Crippen molar-refractivity contribution in [1.29, 1.82) is 5.26 Å². The van der Waals surface area contributed by atoms with Crippen molar-refractivity contribution in [1.82, 2.24) is 9.88 Å². The minimum atomic E-state index is -3.32. The van der Waals surface area contributed by atoms with E-state index in [-0.39, 0.29) is 23.3 Å². The number of nitriles is 1. The number of likely N-dealkylation sites (tertiary alicyclic amines) is 1. The van der Waals surface area contributed by atoms with Gasteiger partial charge in [0.25, 0.3) is 0 Å². The Balaban J connectivity index is 1.57. The molecular formula is C21H23N3O4S. The number of sulfone groups is 1. The van der Waals surface area contributed by atoms with E-state index < -0.39 is 15.1 Å². The summed E-state index contributed by atoms with van der Waals surface area (Å²) < 4.78 is 30.2. The van der Waals surface area contributed by atoms with E-state index in [1.54, 1.807) is 55.1 Å². The number of hydrogen-bond donors (Lipinski definition) is 0. The molecule has 1 aromatic carbocycles. The average Bonchev–Trinajstić information content (AvgIpc) is 3.17. The molecule has 1 saturated heterocycles. The molecule has 1 aliphatic rings. The van der Waals surface area contributed by atoms with Crippen molar-refractivity contribution < 1.29 is 17.9 Å². The Morgan fingerprint density at radius 3 is 2.69 bits per heavy atom. The van der Waals surface area contributed by atoms with Crippen LogP contribution in [0.1, 0.15) is 31.4 Å². The fourth-order valence-electron chi connectivity index (χ4n) is 3.12. The molecule has 2 aromatic rings. The zero-order valence-corrected chi connectivity index (χ0v) is 17.2. The standard InChI is InChI=1S/C21H23N3O4S/c1-15(2)29(26,27)19-5-3-16(4-6-19)12-21(25)24-10-8-18(14-24)28-20-11-17(13-22)7-9-23-20/h3-7,9,11,15,18H,8,10,12,14H2,1-2H3. The Morgan fingerprint density at radius 1 is 1.31 bits per heavy atom. The van der Waals surface area contributed by atoms with Crippen LogP contribution in [0.15, 0.2) is 47.5 Å². The topological polar surface area (TPSA) is 100 Å². The van der Waals surface area contributed by atoms with Crippen molar-refractivity contribution in [3.05, 3.63) is 53.7 Å². The van der Waals surface area contributed by atoms with Crippen LogP contribution < -0.4 is 4.74 Å². The van der Waals surface area contributed by atoms with Crippen LogP contribution in [0, 0.1) is 11.3 Å². The first-order chi connectivity index (χ1) is 13.8. The van der Waals surface area contributed by atoms with Gasteiger partial charge in [-0.1, -0.05) is 12.1 Å². The Kier molecular flexibility index (Phi) is 6.18. The zero-order chi connectivity index (χ0) is 21.0. The van der Waals surface area contributed by atoms with Crippen molar-refractivity contribution in [2.24, 2.45) is 0 Å². The van der Waals surface area contributed by atoms with Gasteiger partial charge in [0.1, 0.15) is 6.10 Å². The molecule has 0 aliphatic carbocycles. The Hall–Kier alpha value is -2.92. The van der Waals surface area contributed by atoms with Gasteiger partial charge in [-0.3, -0.25) is 4.79 Å². The molecular weight excluding hydrogens is 390 g/mol. The number of hydrogen-bond acceptors (Lipinski definition) is 6. The minimum Gasteiger partial charge on any atom is -0.472 e. The fraction of sp³-hybridized carbons (Fsp3) is 0.381. The zero-order valence-electron chi connectivity index (χ0n) is 16.4. The lowest BCUT2D eigenvalue weighted by atomic mass is 10.1. The van der Waals surface area contributed by atoms with Gasteiger partial charge < -0.3 is 9.64 Å². The number of rotatable bonds is 6. The number of carbonyl (C=O) groups excluding carboxylic acids is 1. The number of carbonyl (C=O) groups is 1. The van der Waals surface area contributed by atoms with Gasteiger partial charge in [0.15, 0.2) is 9.84 Å². The normalized spacial score (nSPS) is 16.6. The second-order valence-corrected chi connectivity index (χ2v) is 9.78. The maximum Gasteiger partial charge on any atom is 0.227 e. The predicted molar refractivity (Wildman–Crippen MR) is 107 cm³/mol. The summed E-state index contributed by atoms with van der Waals surface area (Å²) in [6.45, 7) is 4.33. The highest BCUT2D eigenvalue weighted by molar-refractivity contribution is 7.92. The highest BCUT2D eigenvalue weighted by Gasteiger charge is 2.28. The molecule has 3 rings (SSSR count). The molecule has 1 unspecified atom stereocenters. The number of ether oxygens (including phenoxy) is 1. The van der Waals surface area contributed by atoms with Crippen molar-refractivity contribution in [2.45, 2.75) is 42.9 Å². The van der Waals surface area contributed by atoms with E-state index in [0.717, 1.165) is 5.56 Å². The summed E-state index contributed by atoms with van der Waals surface area (Å²) in [7, 11) is -3.32. The summed E-state index contributed by atoms with van der Waals surface area (Å²) in [5, 5.41) is 8.46. The third kappa shape index (κ3) is 4.93. The van der Waals surface area contributed by atoms with Gasteiger partial charge in [-0.15, -0.1) is 0 Å². The van der Waals surface area contributed by atoms with Crippen molar-refractivity contribution in [2.75, 3.05) is 13.1 Å². The molecule has 0 bridgehead atoms. The van der Waals surface area contributed by atoms with E-state index in [2.05, 4.69) is 4.98 Å². The molecule has 1 atom stereocenters. The lowest BCUT2D eigenvalue weighted by Crippen LogP contribution is -2.32. The van der Waals surface area contributed by atoms with Gasteiger partial charge in [-0.2, -0.15) is 5.26 Å². The summed E-state index contributed by atoms with van der Waals surface area (Å²) in [6.07, 6.45) is 2.25. The van der Waals surface area contributed by atoms with Gasteiger partial charge >= 0.3 is 0 Å². The summed E-state index contributed by atoms with van der Waals surface area (Å²) >= 11 is 0. The molecule has 0 saturated carbocycles. The minimum absolute atomic E-state index is 0.0331. The Morgan fingerprint density at radius 2 is 2.03 bits per heavy atom. The van der Waals surface area contributed by atoms with Crippen LogP contribution in [0.3, 0.4) is 0 Å². The van der Waals surface area contributed by atoms with Crippen LogP contribution in [0.4, 0.5) is 0 Å². The van der Waals surface area contributed by atoms with Gasteiger partial charge in [-0.25, -0.2) is 13.4 Å². The van der Waals surface area contributed by atoms with Crippen LogP contribution in [0.25, 0.3) is 0 Å². The second-order valence-electron chi connectivity index (χ2n) is 7.28. The number of nitrogens with zero attached hydrogens (tertiary/aromatic N) is 3. The van der Waals surface area contributed by atoms with E-state index >= 15 is 0 Å². The first-order valence-corrected chi connectivity index (χ1v) is 11.0. The summed E-state index contributed by atoms with van der Waals surface area (Å²) in [6, 6.07) is 11.7. The van der Waals surface area contributed by atoms with E-state index in [4.69, 9.17) is 10.00 Å². The summed E-state index contributed by atoms with van der Waals surface area (Å²) in [5.74, 6) is 0.347. The van der Waals surface area contributed by atoms with Crippen LogP contribution in [0.5, 0.6) is 5.88 Å². The SMILES string of the molecule is CC(C)S(=O)(=O)c1ccc(CC(=O)N2CCC(Oc3cc(C#N)ccn3)C2)cc1. The number of pyridine rings is 1. The van der Waals surface area contributed by atoms with E-state index in [1.807, 2.05) is 6.07 Å². The van der Waals surface area contributed by atoms with E-state index in [0.29, 0.717) is 31.0 Å². The number of aromatic nitrogens is 1. The Labute approximate surface area is 170 Å². The molecule has 29 heavy (non-hydrogen) atoms. The molecule has 1 aromatic heterocycles. The fourth-order valence-corrected chi connectivity index (χ4v) is 4.18. The molecule has 8 heteroatoms. The number of benzene rings is 1. The molecule has 7 nitrogen and oxygen atoms in total. The van der Waals surface area contributed by atoms with Crippen LogP contribution in [0.2, 0.25) is 0 Å². The number of amides is 1. The van der Waals surface area contributed by atoms with E-state index in [1.165, 1.54) is 6.20 Å². The third-order valence-electron chi connectivity index (χ3n) is 4.88. The van der Waals surface area contributed by atoms with Crippen molar-refractivity contribution in [3.63, 3.8) is 0 Å².